The topological polar surface area (TPSA) is 83.4 Å². The van der Waals surface area contributed by atoms with Crippen LogP contribution < -0.4 is 9.47 Å². The Morgan fingerprint density at radius 3 is 2.53 bits per heavy atom. The van der Waals surface area contributed by atoms with Gasteiger partial charge in [0.15, 0.2) is 23.8 Å². The molecule has 0 aromatic heterocycles. The highest BCUT2D eigenvalue weighted by molar-refractivity contribution is 9.10. The molecule has 0 unspecified atom stereocenters. The van der Waals surface area contributed by atoms with Gasteiger partial charge in [0.1, 0.15) is 0 Å². The number of halogens is 1. The smallest absolute Gasteiger partial charge is 0.363 e. The third-order valence-electron chi connectivity index (χ3n) is 3.93. The number of nitrogens with zero attached hydrogens (tertiary/aromatic N) is 1. The zero-order chi connectivity index (χ0) is 21.5. The molecule has 0 N–H and O–H groups in total. The van der Waals surface area contributed by atoms with Gasteiger partial charge in [-0.3, -0.25) is 0 Å². The van der Waals surface area contributed by atoms with Crippen molar-refractivity contribution in [3.05, 3.63) is 63.8 Å². The molecule has 3 rings (SSSR count). The highest BCUT2D eigenvalue weighted by atomic mass is 79.9. The van der Waals surface area contributed by atoms with Crippen LogP contribution >= 0.6 is 15.9 Å². The van der Waals surface area contributed by atoms with Gasteiger partial charge < -0.3 is 18.9 Å². The summed E-state index contributed by atoms with van der Waals surface area (Å²) in [5.74, 6) is 0.0982. The van der Waals surface area contributed by atoms with Crippen molar-refractivity contribution in [3.63, 3.8) is 0 Å². The molecule has 0 saturated carbocycles. The minimum absolute atomic E-state index is 0.176. The second kappa shape index (κ2) is 10.1. The van der Waals surface area contributed by atoms with Crippen molar-refractivity contribution in [1.82, 2.24) is 0 Å². The summed E-state index contributed by atoms with van der Waals surface area (Å²) in [6.07, 6.45) is 1.60. The number of benzene rings is 2. The Bertz CT molecular complexity index is 997. The molecule has 0 radical (unpaired) electrons. The normalized spacial score (nSPS) is 14.3. The molecule has 1 heterocycles. The molecule has 0 spiro atoms. The van der Waals surface area contributed by atoms with E-state index in [-0.39, 0.29) is 24.8 Å². The first-order valence-corrected chi connectivity index (χ1v) is 10.1. The lowest BCUT2D eigenvalue weighted by molar-refractivity contribution is -0.145. The Morgan fingerprint density at radius 2 is 1.83 bits per heavy atom. The molecule has 1 aliphatic rings. The van der Waals surface area contributed by atoms with Crippen LogP contribution in [0.15, 0.2) is 57.6 Å². The van der Waals surface area contributed by atoms with Crippen LogP contribution in [0.1, 0.15) is 25.0 Å². The molecule has 0 saturated heterocycles. The maximum Gasteiger partial charge on any atom is 0.363 e. The zero-order valence-corrected chi connectivity index (χ0v) is 18.1. The van der Waals surface area contributed by atoms with Crippen LogP contribution in [0.2, 0.25) is 0 Å². The van der Waals surface area contributed by atoms with E-state index in [1.807, 2.05) is 31.2 Å². The SMILES string of the molecule is CCOC(=O)COc1ccc(/C=C2\N=C(c3ccc(Br)cc3)OC2=O)cc1OCC. The molecule has 30 heavy (non-hydrogen) atoms. The molecule has 0 bridgehead atoms. The van der Waals surface area contributed by atoms with Crippen LogP contribution in [0.25, 0.3) is 6.08 Å². The number of rotatable bonds is 8. The maximum atomic E-state index is 12.2. The summed E-state index contributed by atoms with van der Waals surface area (Å²) in [5.41, 5.74) is 1.55. The van der Waals surface area contributed by atoms with Crippen LogP contribution in [-0.2, 0) is 19.1 Å². The van der Waals surface area contributed by atoms with Crippen LogP contribution in [-0.4, -0.2) is 37.7 Å². The van der Waals surface area contributed by atoms with E-state index in [4.69, 9.17) is 18.9 Å². The van der Waals surface area contributed by atoms with Crippen LogP contribution in [0, 0.1) is 0 Å². The molecular weight excluding hydrogens is 454 g/mol. The molecule has 2 aromatic rings. The van der Waals surface area contributed by atoms with Gasteiger partial charge in [-0.05, 0) is 61.9 Å². The number of carbonyl (C=O) groups excluding carboxylic acids is 2. The number of ether oxygens (including phenoxy) is 4. The molecule has 7 nitrogen and oxygen atoms in total. The lowest BCUT2D eigenvalue weighted by Gasteiger charge is -2.12. The average Bonchev–Trinajstić information content (AvgIpc) is 3.08. The van der Waals surface area contributed by atoms with Crippen molar-refractivity contribution in [3.8, 4) is 11.5 Å². The van der Waals surface area contributed by atoms with Crippen LogP contribution in [0.5, 0.6) is 11.5 Å². The lowest BCUT2D eigenvalue weighted by atomic mass is 10.1. The van der Waals surface area contributed by atoms with Gasteiger partial charge in [0.05, 0.1) is 13.2 Å². The van der Waals surface area contributed by atoms with E-state index in [1.54, 1.807) is 31.2 Å². The highest BCUT2D eigenvalue weighted by Gasteiger charge is 2.24. The van der Waals surface area contributed by atoms with Gasteiger partial charge in [0.25, 0.3) is 0 Å². The van der Waals surface area contributed by atoms with Crippen molar-refractivity contribution >= 4 is 39.8 Å². The highest BCUT2D eigenvalue weighted by Crippen LogP contribution is 2.30. The number of aliphatic imine (C=N–C) groups is 1. The van der Waals surface area contributed by atoms with E-state index < -0.39 is 11.9 Å². The third kappa shape index (κ3) is 5.48. The second-order valence-electron chi connectivity index (χ2n) is 6.08. The maximum absolute atomic E-state index is 12.2. The molecule has 156 valence electrons. The molecular formula is C22H20BrNO6. The Kier molecular flexibility index (Phi) is 7.24. The number of hydrogen-bond donors (Lipinski definition) is 0. The largest absolute Gasteiger partial charge is 0.490 e. The van der Waals surface area contributed by atoms with E-state index in [0.29, 0.717) is 29.2 Å². The molecule has 2 aromatic carbocycles. The summed E-state index contributed by atoms with van der Waals surface area (Å²) in [6, 6.07) is 12.4. The number of hydrogen-bond acceptors (Lipinski definition) is 7. The van der Waals surface area contributed by atoms with Crippen molar-refractivity contribution in [1.29, 1.82) is 0 Å². The first-order chi connectivity index (χ1) is 14.5. The van der Waals surface area contributed by atoms with Gasteiger partial charge in [-0.1, -0.05) is 22.0 Å². The third-order valence-corrected chi connectivity index (χ3v) is 4.46. The van der Waals surface area contributed by atoms with E-state index in [0.717, 1.165) is 4.47 Å². The Morgan fingerprint density at radius 1 is 1.07 bits per heavy atom. The standard InChI is InChI=1S/C22H20BrNO6/c1-3-27-19-12-14(5-10-18(19)29-13-20(25)28-4-2)11-17-22(26)30-21(24-17)15-6-8-16(23)9-7-15/h5-12H,3-4,13H2,1-2H3/b17-11-. The number of esters is 2. The Balaban J connectivity index is 1.81. The quantitative estimate of drug-likeness (QED) is 0.423. The fourth-order valence-electron chi connectivity index (χ4n) is 2.62. The minimum Gasteiger partial charge on any atom is -0.490 e. The number of carbonyl (C=O) groups is 2. The predicted octanol–water partition coefficient (Wildman–Crippen LogP) is 4.13. The van der Waals surface area contributed by atoms with E-state index in [9.17, 15) is 9.59 Å². The van der Waals surface area contributed by atoms with Gasteiger partial charge in [-0.25, -0.2) is 14.6 Å². The Hall–Kier alpha value is -3.13. The van der Waals surface area contributed by atoms with E-state index in [2.05, 4.69) is 20.9 Å². The molecule has 1 aliphatic heterocycles. The molecule has 0 atom stereocenters. The summed E-state index contributed by atoms with van der Waals surface area (Å²) >= 11 is 3.37. The molecule has 0 fully saturated rings. The van der Waals surface area contributed by atoms with Gasteiger partial charge >= 0.3 is 11.9 Å². The van der Waals surface area contributed by atoms with Crippen LogP contribution in [0.3, 0.4) is 0 Å². The van der Waals surface area contributed by atoms with Gasteiger partial charge in [-0.2, -0.15) is 0 Å². The van der Waals surface area contributed by atoms with E-state index >= 15 is 0 Å². The summed E-state index contributed by atoms with van der Waals surface area (Å²) in [4.78, 5) is 28.0. The Labute approximate surface area is 182 Å². The first-order valence-electron chi connectivity index (χ1n) is 9.34. The van der Waals surface area contributed by atoms with Gasteiger partial charge in [0, 0.05) is 10.0 Å². The van der Waals surface area contributed by atoms with Crippen molar-refractivity contribution < 1.29 is 28.5 Å². The van der Waals surface area contributed by atoms with Crippen molar-refractivity contribution in [2.75, 3.05) is 19.8 Å². The van der Waals surface area contributed by atoms with Crippen molar-refractivity contribution in [2.24, 2.45) is 4.99 Å². The number of cyclic esters (lactones) is 1. The van der Waals surface area contributed by atoms with E-state index in [1.165, 1.54) is 0 Å². The first kappa shape index (κ1) is 21.6. The summed E-state index contributed by atoms with van der Waals surface area (Å²) in [5, 5.41) is 0. The summed E-state index contributed by atoms with van der Waals surface area (Å²) in [6.45, 7) is 4.03. The molecule has 8 heteroatoms. The molecule has 0 aliphatic carbocycles. The fraction of sp³-hybridized carbons (Fsp3) is 0.227. The van der Waals surface area contributed by atoms with Crippen LogP contribution in [0.4, 0.5) is 0 Å². The monoisotopic (exact) mass is 473 g/mol. The lowest BCUT2D eigenvalue weighted by Crippen LogP contribution is -2.15. The van der Waals surface area contributed by atoms with Crippen molar-refractivity contribution in [2.45, 2.75) is 13.8 Å². The minimum atomic E-state index is -0.534. The molecule has 0 amide bonds. The fourth-order valence-corrected chi connectivity index (χ4v) is 2.89. The zero-order valence-electron chi connectivity index (χ0n) is 16.5. The second-order valence-corrected chi connectivity index (χ2v) is 6.99. The predicted molar refractivity (Wildman–Crippen MR) is 114 cm³/mol. The average molecular weight is 474 g/mol. The van der Waals surface area contributed by atoms with Gasteiger partial charge in [-0.15, -0.1) is 0 Å². The summed E-state index contributed by atoms with van der Waals surface area (Å²) in [7, 11) is 0. The summed E-state index contributed by atoms with van der Waals surface area (Å²) < 4.78 is 22.1. The van der Waals surface area contributed by atoms with Gasteiger partial charge in [0.2, 0.25) is 5.90 Å².